The molecule has 11 nitrogen and oxygen atoms in total. The van der Waals surface area contributed by atoms with Crippen LogP contribution in [0.25, 0.3) is 0 Å². The Kier molecular flexibility index (Phi) is 8.79. The van der Waals surface area contributed by atoms with E-state index in [4.69, 9.17) is 21.1 Å². The molecule has 3 aliphatic rings. The summed E-state index contributed by atoms with van der Waals surface area (Å²) in [5, 5.41) is 12.1. The maximum Gasteiger partial charge on any atom is 0.420 e. The van der Waals surface area contributed by atoms with Crippen molar-refractivity contribution in [3.63, 3.8) is 0 Å². The zero-order chi connectivity index (χ0) is 33.3. The van der Waals surface area contributed by atoms with Crippen molar-refractivity contribution in [1.29, 1.82) is 0 Å². The number of fused-ring (bicyclic) bond motifs is 2. The molecule has 3 aromatic rings. The Balaban J connectivity index is 1.19. The monoisotopic (exact) mass is 673 g/mol. The fourth-order valence-corrected chi connectivity index (χ4v) is 6.54. The molecule has 2 fully saturated rings. The highest BCUT2D eigenvalue weighted by molar-refractivity contribution is 6.32. The minimum atomic E-state index is -4.91. The van der Waals surface area contributed by atoms with Crippen LogP contribution in [-0.4, -0.2) is 83.4 Å². The first-order chi connectivity index (χ1) is 22.4. The lowest BCUT2D eigenvalue weighted by Crippen LogP contribution is -2.54. The van der Waals surface area contributed by atoms with Crippen LogP contribution in [0.4, 0.5) is 34.1 Å². The number of piperidine rings is 1. The number of carbonyl (C=O) groups is 3. The maximum absolute atomic E-state index is 13.8. The van der Waals surface area contributed by atoms with Gasteiger partial charge in [-0.05, 0) is 35.9 Å². The molecule has 3 amide bonds. The van der Waals surface area contributed by atoms with E-state index in [1.807, 2.05) is 24.3 Å². The number of phenolic OH excluding ortho intramolecular Hbond substituents is 1. The van der Waals surface area contributed by atoms with Gasteiger partial charge in [-0.25, -0.2) is 9.59 Å². The number of ether oxygens (including phenoxy) is 2. The topological polar surface area (TPSA) is 125 Å². The van der Waals surface area contributed by atoms with Crippen LogP contribution in [0.3, 0.4) is 0 Å². The van der Waals surface area contributed by atoms with Gasteiger partial charge in [-0.2, -0.15) is 13.2 Å². The third-order valence-electron chi connectivity index (χ3n) is 8.76. The molecule has 4 heterocycles. The van der Waals surface area contributed by atoms with E-state index in [9.17, 15) is 32.7 Å². The third kappa shape index (κ3) is 6.73. The van der Waals surface area contributed by atoms with Crippen LogP contribution in [0.2, 0.25) is 5.02 Å². The number of anilines is 2. The van der Waals surface area contributed by atoms with E-state index in [-0.39, 0.29) is 44.6 Å². The molecule has 1 spiro atoms. The molecule has 248 valence electrons. The Morgan fingerprint density at radius 3 is 2.38 bits per heavy atom. The number of aromatic nitrogens is 1. The number of alkyl halides is 3. The largest absolute Gasteiger partial charge is 0.506 e. The first kappa shape index (κ1) is 32.2. The van der Waals surface area contributed by atoms with E-state index in [0.717, 1.165) is 17.3 Å². The highest BCUT2D eigenvalue weighted by Crippen LogP contribution is 2.44. The number of pyridine rings is 1. The van der Waals surface area contributed by atoms with Crippen LogP contribution >= 0.6 is 11.6 Å². The Bertz CT molecular complexity index is 1660. The summed E-state index contributed by atoms with van der Waals surface area (Å²) in [6.07, 6.45) is -4.37. The molecule has 2 saturated heterocycles. The highest BCUT2D eigenvalue weighted by Gasteiger charge is 2.46. The number of halogens is 4. The molecule has 2 aromatic carbocycles. The summed E-state index contributed by atoms with van der Waals surface area (Å²) in [5.74, 6) is -1.70. The molecule has 6 rings (SSSR count). The van der Waals surface area contributed by atoms with Gasteiger partial charge in [-0.3, -0.25) is 15.1 Å². The van der Waals surface area contributed by atoms with Gasteiger partial charge >= 0.3 is 18.4 Å². The van der Waals surface area contributed by atoms with Gasteiger partial charge in [-0.15, -0.1) is 0 Å². The van der Waals surface area contributed by atoms with Crippen molar-refractivity contribution in [3.05, 3.63) is 82.6 Å². The lowest BCUT2D eigenvalue weighted by atomic mass is 9.82. The molecule has 3 aliphatic heterocycles. The number of hydrogen-bond acceptors (Lipinski definition) is 8. The predicted octanol–water partition coefficient (Wildman–Crippen LogP) is 5.41. The zero-order valence-corrected chi connectivity index (χ0v) is 25.8. The van der Waals surface area contributed by atoms with Crippen molar-refractivity contribution in [2.75, 3.05) is 49.5 Å². The Labute approximate surface area is 272 Å². The highest BCUT2D eigenvalue weighted by atomic mass is 35.5. The molecular formula is C32H31ClF3N5O6. The summed E-state index contributed by atoms with van der Waals surface area (Å²) in [4.78, 5) is 48.6. The van der Waals surface area contributed by atoms with E-state index >= 15 is 0 Å². The van der Waals surface area contributed by atoms with Gasteiger partial charge in [0.2, 0.25) is 0 Å². The minimum absolute atomic E-state index is 0.0440. The summed E-state index contributed by atoms with van der Waals surface area (Å²) in [5.41, 5.74) is -0.00927. The normalized spacial score (nSPS) is 18.2. The SMILES string of the molecule is O=C1Nc2ccccc2C2(CCN(C(=O)O[C@H](Cc3cc(Cl)c(O)c(C(F)(F)F)c3)C(=O)N3CCN(c4ccncc4)CC3)CC2)O1. The van der Waals surface area contributed by atoms with Crippen LogP contribution < -0.4 is 10.2 Å². The van der Waals surface area contributed by atoms with Crippen LogP contribution in [0.15, 0.2) is 60.9 Å². The van der Waals surface area contributed by atoms with Gasteiger partial charge in [0.1, 0.15) is 11.4 Å². The molecule has 0 bridgehead atoms. The van der Waals surface area contributed by atoms with Crippen molar-refractivity contribution in [2.24, 2.45) is 0 Å². The first-order valence-corrected chi connectivity index (χ1v) is 15.4. The molecule has 0 unspecified atom stereocenters. The van der Waals surface area contributed by atoms with Crippen LogP contribution in [-0.2, 0) is 32.5 Å². The number of rotatable bonds is 5. The number of amides is 3. The number of phenols is 1. The molecule has 15 heteroatoms. The van der Waals surface area contributed by atoms with E-state index in [2.05, 4.69) is 15.2 Å². The van der Waals surface area contributed by atoms with Gasteiger partial charge in [0, 0.05) is 82.2 Å². The third-order valence-corrected chi connectivity index (χ3v) is 9.05. The van der Waals surface area contributed by atoms with Gasteiger partial charge in [-0.1, -0.05) is 29.8 Å². The smallest absolute Gasteiger partial charge is 0.420 e. The minimum Gasteiger partial charge on any atom is -0.506 e. The predicted molar refractivity (Wildman–Crippen MR) is 164 cm³/mol. The van der Waals surface area contributed by atoms with Gasteiger partial charge in [0.15, 0.2) is 6.10 Å². The molecule has 1 atom stereocenters. The number of piperazine rings is 1. The van der Waals surface area contributed by atoms with Gasteiger partial charge in [0.05, 0.1) is 16.3 Å². The van der Waals surface area contributed by atoms with Crippen LogP contribution in [0.5, 0.6) is 5.75 Å². The molecule has 0 radical (unpaired) electrons. The quantitative estimate of drug-likeness (QED) is 0.369. The Morgan fingerprint density at radius 1 is 1.02 bits per heavy atom. The number of nitrogens with one attached hydrogen (secondary N) is 1. The second kappa shape index (κ2) is 12.8. The Hall–Kier alpha value is -4.72. The zero-order valence-electron chi connectivity index (χ0n) is 25.0. The van der Waals surface area contributed by atoms with Crippen LogP contribution in [0.1, 0.15) is 29.5 Å². The summed E-state index contributed by atoms with van der Waals surface area (Å²) in [7, 11) is 0. The number of hydrogen-bond donors (Lipinski definition) is 2. The summed E-state index contributed by atoms with van der Waals surface area (Å²) in [6.45, 7) is 1.78. The van der Waals surface area contributed by atoms with Gasteiger partial charge in [0.25, 0.3) is 5.91 Å². The van der Waals surface area contributed by atoms with E-state index in [1.165, 1.54) is 9.80 Å². The van der Waals surface area contributed by atoms with Crippen molar-refractivity contribution >= 4 is 41.1 Å². The van der Waals surface area contributed by atoms with Crippen molar-refractivity contribution in [2.45, 2.75) is 37.1 Å². The fraction of sp³-hybridized carbons (Fsp3) is 0.375. The van der Waals surface area contributed by atoms with Crippen molar-refractivity contribution < 1.29 is 42.1 Å². The molecule has 0 saturated carbocycles. The average Bonchev–Trinajstić information content (AvgIpc) is 3.06. The number of nitrogens with zero attached hydrogens (tertiary/aromatic N) is 4. The van der Waals surface area contributed by atoms with E-state index in [1.54, 1.807) is 24.5 Å². The molecule has 47 heavy (non-hydrogen) atoms. The summed E-state index contributed by atoms with van der Waals surface area (Å²) < 4.78 is 52.5. The molecular weight excluding hydrogens is 643 g/mol. The first-order valence-electron chi connectivity index (χ1n) is 15.0. The summed E-state index contributed by atoms with van der Waals surface area (Å²) in [6, 6.07) is 12.8. The lowest BCUT2D eigenvalue weighted by molar-refractivity contribution is -0.141. The van der Waals surface area contributed by atoms with Gasteiger partial charge < -0.3 is 29.3 Å². The van der Waals surface area contributed by atoms with E-state index < -0.39 is 58.7 Å². The Morgan fingerprint density at radius 2 is 1.70 bits per heavy atom. The lowest BCUT2D eigenvalue weighted by Gasteiger charge is -2.44. The van der Waals surface area contributed by atoms with Crippen LogP contribution in [0, 0.1) is 0 Å². The average molecular weight is 674 g/mol. The number of likely N-dealkylation sites (tertiary alicyclic amines) is 1. The van der Waals surface area contributed by atoms with E-state index in [0.29, 0.717) is 24.8 Å². The number of benzene rings is 2. The second-order valence-electron chi connectivity index (χ2n) is 11.6. The standard InChI is InChI=1S/C32H31ClF3N5O6/c33-24-18-20(17-23(27(24)42)32(34,35)36)19-26(28(43)40-15-13-39(14-16-40)21-5-9-37-10-6-21)46-30(45)41-11-7-31(8-12-41)22-3-1-2-4-25(22)38-29(44)47-31/h1-6,9-10,17-18,26,42H,7-8,11-16,19H2,(H,38,44)/t26-/m1/s1. The number of carbonyl (C=O) groups excluding carboxylic acids is 3. The number of aromatic hydroxyl groups is 1. The maximum atomic E-state index is 13.8. The molecule has 2 N–H and O–H groups in total. The molecule has 0 aliphatic carbocycles. The molecule has 1 aromatic heterocycles. The number of para-hydroxylation sites is 1. The van der Waals surface area contributed by atoms with Crippen molar-refractivity contribution in [1.82, 2.24) is 14.8 Å². The van der Waals surface area contributed by atoms with Crippen molar-refractivity contribution in [3.8, 4) is 5.75 Å². The second-order valence-corrected chi connectivity index (χ2v) is 12.0. The fourth-order valence-electron chi connectivity index (χ4n) is 6.30. The summed E-state index contributed by atoms with van der Waals surface area (Å²) >= 11 is 5.94.